The Balaban J connectivity index is 1.84. The van der Waals surface area contributed by atoms with Gasteiger partial charge in [-0.25, -0.2) is 0 Å². The normalized spacial score (nSPS) is 10.6. The number of nitro groups is 1. The summed E-state index contributed by atoms with van der Waals surface area (Å²) >= 11 is 0. The molecule has 1 aromatic heterocycles. The van der Waals surface area contributed by atoms with Gasteiger partial charge in [-0.2, -0.15) is 4.98 Å². The molecule has 7 heteroatoms. The molecule has 0 fully saturated rings. The molecule has 1 aromatic carbocycles. The van der Waals surface area contributed by atoms with Crippen molar-refractivity contribution in [1.29, 1.82) is 0 Å². The van der Waals surface area contributed by atoms with E-state index in [4.69, 9.17) is 4.52 Å². The lowest BCUT2D eigenvalue weighted by Crippen LogP contribution is -2.17. The summed E-state index contributed by atoms with van der Waals surface area (Å²) in [5.74, 6) is 1.11. The predicted octanol–water partition coefficient (Wildman–Crippen LogP) is 1.62. The Morgan fingerprint density at radius 1 is 1.42 bits per heavy atom. The molecule has 0 amide bonds. The second-order valence-electron chi connectivity index (χ2n) is 4.05. The molecule has 0 spiro atoms. The highest BCUT2D eigenvalue weighted by Crippen LogP contribution is 2.17. The first-order valence-electron chi connectivity index (χ1n) is 5.89. The number of nitrogens with one attached hydrogen (secondary N) is 1. The van der Waals surface area contributed by atoms with Gasteiger partial charge in [0.05, 0.1) is 11.5 Å². The van der Waals surface area contributed by atoms with Crippen molar-refractivity contribution in [3.63, 3.8) is 0 Å². The number of benzene rings is 1. The second kappa shape index (κ2) is 6.05. The van der Waals surface area contributed by atoms with E-state index in [9.17, 15) is 10.1 Å². The van der Waals surface area contributed by atoms with E-state index < -0.39 is 0 Å². The topological polar surface area (TPSA) is 94.1 Å². The van der Waals surface area contributed by atoms with E-state index in [-0.39, 0.29) is 10.6 Å². The molecule has 0 radical (unpaired) electrons. The summed E-state index contributed by atoms with van der Waals surface area (Å²) in [5, 5.41) is 17.6. The smallest absolute Gasteiger partial charge is 0.272 e. The summed E-state index contributed by atoms with van der Waals surface area (Å²) < 4.78 is 4.95. The van der Waals surface area contributed by atoms with Gasteiger partial charge in [0.2, 0.25) is 5.89 Å². The lowest BCUT2D eigenvalue weighted by Gasteiger charge is -2.03. The van der Waals surface area contributed by atoms with Crippen LogP contribution in [-0.2, 0) is 13.0 Å². The molecule has 0 atom stereocenters. The summed E-state index contributed by atoms with van der Waals surface area (Å²) in [6.07, 6.45) is 0.574. The van der Waals surface area contributed by atoms with Crippen LogP contribution in [0.5, 0.6) is 0 Å². The maximum Gasteiger partial charge on any atom is 0.272 e. The molecule has 0 aliphatic rings. The quantitative estimate of drug-likeness (QED) is 0.483. The zero-order valence-electron chi connectivity index (χ0n) is 10.5. The minimum absolute atomic E-state index is 0.151. The van der Waals surface area contributed by atoms with Gasteiger partial charge in [0.25, 0.3) is 5.69 Å². The number of aryl methyl sites for hydroxylation is 1. The number of rotatable bonds is 6. The van der Waals surface area contributed by atoms with Gasteiger partial charge in [-0.1, -0.05) is 23.4 Å². The number of hydrogen-bond donors (Lipinski definition) is 1. The molecule has 2 aromatic rings. The van der Waals surface area contributed by atoms with Crippen LogP contribution in [0.2, 0.25) is 0 Å². The van der Waals surface area contributed by atoms with Gasteiger partial charge in [0, 0.05) is 11.6 Å². The molecule has 0 saturated carbocycles. The maximum absolute atomic E-state index is 10.8. The highest BCUT2D eigenvalue weighted by Gasteiger charge is 2.11. The molecule has 0 aliphatic carbocycles. The first-order chi connectivity index (χ1) is 9.16. The van der Waals surface area contributed by atoms with Crippen LogP contribution in [0.3, 0.4) is 0 Å². The average molecular weight is 262 g/mol. The van der Waals surface area contributed by atoms with E-state index in [2.05, 4.69) is 15.5 Å². The standard InChI is InChI=1S/C12H14N4O3/c1-9-14-12(19-15-9)8-13-7-6-10-4-2-3-5-11(10)16(17)18/h2-5,13H,6-8H2,1H3. The third-order valence-electron chi connectivity index (χ3n) is 2.61. The highest BCUT2D eigenvalue weighted by molar-refractivity contribution is 5.39. The van der Waals surface area contributed by atoms with Crippen LogP contribution in [0.25, 0.3) is 0 Å². The fraction of sp³-hybridized carbons (Fsp3) is 0.333. The number of para-hydroxylation sites is 1. The van der Waals surface area contributed by atoms with E-state index in [1.165, 1.54) is 6.07 Å². The van der Waals surface area contributed by atoms with Crippen LogP contribution in [0.15, 0.2) is 28.8 Å². The van der Waals surface area contributed by atoms with Crippen molar-refractivity contribution in [3.05, 3.63) is 51.7 Å². The van der Waals surface area contributed by atoms with Crippen LogP contribution in [-0.4, -0.2) is 21.6 Å². The van der Waals surface area contributed by atoms with Crippen molar-refractivity contribution >= 4 is 5.69 Å². The molecular weight excluding hydrogens is 248 g/mol. The van der Waals surface area contributed by atoms with Crippen LogP contribution in [0, 0.1) is 17.0 Å². The van der Waals surface area contributed by atoms with Gasteiger partial charge in [-0.3, -0.25) is 10.1 Å². The van der Waals surface area contributed by atoms with Crippen molar-refractivity contribution in [3.8, 4) is 0 Å². The minimum Gasteiger partial charge on any atom is -0.338 e. The summed E-state index contributed by atoms with van der Waals surface area (Å²) in [7, 11) is 0. The van der Waals surface area contributed by atoms with E-state index >= 15 is 0 Å². The van der Waals surface area contributed by atoms with Gasteiger partial charge < -0.3 is 9.84 Å². The average Bonchev–Trinajstić information content (AvgIpc) is 2.81. The highest BCUT2D eigenvalue weighted by atomic mass is 16.6. The van der Waals surface area contributed by atoms with E-state index in [1.54, 1.807) is 25.1 Å². The fourth-order valence-electron chi connectivity index (χ4n) is 1.73. The molecule has 19 heavy (non-hydrogen) atoms. The van der Waals surface area contributed by atoms with Crippen LogP contribution < -0.4 is 5.32 Å². The monoisotopic (exact) mass is 262 g/mol. The molecule has 1 N–H and O–H groups in total. The third-order valence-corrected chi connectivity index (χ3v) is 2.61. The molecule has 0 bridgehead atoms. The first-order valence-corrected chi connectivity index (χ1v) is 5.89. The van der Waals surface area contributed by atoms with Gasteiger partial charge in [-0.15, -0.1) is 0 Å². The molecule has 1 heterocycles. The summed E-state index contributed by atoms with van der Waals surface area (Å²) in [4.78, 5) is 14.5. The fourth-order valence-corrected chi connectivity index (χ4v) is 1.73. The van der Waals surface area contributed by atoms with Crippen molar-refractivity contribution < 1.29 is 9.45 Å². The van der Waals surface area contributed by atoms with Gasteiger partial charge >= 0.3 is 0 Å². The van der Waals surface area contributed by atoms with Crippen LogP contribution >= 0.6 is 0 Å². The first kappa shape index (κ1) is 13.2. The summed E-state index contributed by atoms with van der Waals surface area (Å²) in [6.45, 7) is 2.81. The number of nitro benzene ring substituents is 1. The Labute approximate surface area is 109 Å². The molecule has 2 rings (SSSR count). The van der Waals surface area contributed by atoms with Gasteiger partial charge in [-0.05, 0) is 19.9 Å². The van der Waals surface area contributed by atoms with Gasteiger partial charge in [0.15, 0.2) is 5.82 Å². The van der Waals surface area contributed by atoms with Crippen LogP contribution in [0.4, 0.5) is 5.69 Å². The minimum atomic E-state index is -0.364. The lowest BCUT2D eigenvalue weighted by molar-refractivity contribution is -0.385. The molecule has 0 aliphatic heterocycles. The summed E-state index contributed by atoms with van der Waals surface area (Å²) in [5.41, 5.74) is 0.861. The number of nitrogens with zero attached hydrogens (tertiary/aromatic N) is 3. The molecule has 100 valence electrons. The Morgan fingerprint density at radius 3 is 2.89 bits per heavy atom. The van der Waals surface area contributed by atoms with Gasteiger partial charge in [0.1, 0.15) is 0 Å². The Bertz CT molecular complexity index is 568. The van der Waals surface area contributed by atoms with Crippen LogP contribution in [0.1, 0.15) is 17.3 Å². The van der Waals surface area contributed by atoms with E-state index in [0.717, 1.165) is 0 Å². The maximum atomic E-state index is 10.8. The largest absolute Gasteiger partial charge is 0.338 e. The Kier molecular flexibility index (Phi) is 4.19. The van der Waals surface area contributed by atoms with E-state index in [0.29, 0.717) is 36.8 Å². The van der Waals surface area contributed by atoms with Crippen molar-refractivity contribution in [2.24, 2.45) is 0 Å². The second-order valence-corrected chi connectivity index (χ2v) is 4.05. The lowest BCUT2D eigenvalue weighted by atomic mass is 10.1. The molecule has 0 saturated heterocycles. The predicted molar refractivity (Wildman–Crippen MR) is 67.5 cm³/mol. The summed E-state index contributed by atoms with van der Waals surface area (Å²) in [6, 6.07) is 6.73. The Hall–Kier alpha value is -2.28. The number of hydrogen-bond acceptors (Lipinski definition) is 6. The third kappa shape index (κ3) is 3.59. The Morgan fingerprint density at radius 2 is 2.21 bits per heavy atom. The number of aromatic nitrogens is 2. The van der Waals surface area contributed by atoms with Crippen molar-refractivity contribution in [2.45, 2.75) is 19.9 Å². The van der Waals surface area contributed by atoms with Crippen molar-refractivity contribution in [2.75, 3.05) is 6.54 Å². The molecular formula is C12H14N4O3. The van der Waals surface area contributed by atoms with E-state index in [1.807, 2.05) is 0 Å². The SMILES string of the molecule is Cc1noc(CNCCc2ccccc2[N+](=O)[O-])n1. The van der Waals surface area contributed by atoms with Crippen molar-refractivity contribution in [1.82, 2.24) is 15.5 Å². The molecule has 0 unspecified atom stereocenters. The zero-order chi connectivity index (χ0) is 13.7. The zero-order valence-corrected chi connectivity index (χ0v) is 10.5. The molecule has 7 nitrogen and oxygen atoms in total.